The highest BCUT2D eigenvalue weighted by Crippen LogP contribution is 2.46. The summed E-state index contributed by atoms with van der Waals surface area (Å²) in [6.45, 7) is 0. The summed E-state index contributed by atoms with van der Waals surface area (Å²) in [5.41, 5.74) is 7.30. The Bertz CT molecular complexity index is 1800. The van der Waals surface area contributed by atoms with Crippen molar-refractivity contribution in [3.8, 4) is 23.4 Å². The average Bonchev–Trinajstić information content (AvgIpc) is 2.89. The first kappa shape index (κ1) is 21.7. The van der Waals surface area contributed by atoms with Crippen LogP contribution in [0, 0.1) is 11.3 Å². The van der Waals surface area contributed by atoms with Gasteiger partial charge in [0.25, 0.3) is 0 Å². The number of allylic oxidation sites excluding steroid dienone is 1. The zero-order chi connectivity index (χ0) is 24.8. The first-order chi connectivity index (χ1) is 17.5. The van der Waals surface area contributed by atoms with Gasteiger partial charge in [-0.05, 0) is 48.5 Å². The number of para-hydroxylation sites is 2. The van der Waals surface area contributed by atoms with E-state index in [9.17, 15) is 10.1 Å². The standard InChI is InChI=1S/C28H16ClN3O4/c29-16-9-11-17(12-10-16)34-27-19(13-15-5-1-3-7-21(15)32-27)23-20(14-30)26(31)36-25-18-6-2-4-8-22(18)35-28(33)24(23)25/h1-13,23H,31H2. The molecule has 1 unspecified atom stereocenters. The maximum atomic E-state index is 13.3. The molecular formula is C28H16ClN3O4. The van der Waals surface area contributed by atoms with Crippen LogP contribution in [0.25, 0.3) is 21.9 Å². The van der Waals surface area contributed by atoms with E-state index in [4.69, 9.17) is 36.2 Å². The Labute approximate surface area is 209 Å². The van der Waals surface area contributed by atoms with Crippen LogP contribution in [0.5, 0.6) is 17.4 Å². The van der Waals surface area contributed by atoms with Gasteiger partial charge in [0.2, 0.25) is 11.8 Å². The number of hydrogen-bond donors (Lipinski definition) is 1. The SMILES string of the molecule is N#CC1=C(N)Oc2c(c(=O)oc3ccccc23)C1c1cc2ccccc2nc1Oc1ccc(Cl)cc1. The van der Waals surface area contributed by atoms with E-state index in [1.54, 1.807) is 48.5 Å². The third-order valence-electron chi connectivity index (χ3n) is 6.03. The predicted molar refractivity (Wildman–Crippen MR) is 135 cm³/mol. The van der Waals surface area contributed by atoms with E-state index in [2.05, 4.69) is 6.07 Å². The second-order valence-corrected chi connectivity index (χ2v) is 8.62. The Balaban J connectivity index is 1.66. The highest BCUT2D eigenvalue weighted by molar-refractivity contribution is 6.30. The van der Waals surface area contributed by atoms with Gasteiger partial charge >= 0.3 is 5.63 Å². The second kappa shape index (κ2) is 8.45. The minimum Gasteiger partial charge on any atom is -0.439 e. The fourth-order valence-corrected chi connectivity index (χ4v) is 4.52. The van der Waals surface area contributed by atoms with Crippen molar-refractivity contribution in [3.63, 3.8) is 0 Å². The van der Waals surface area contributed by atoms with Gasteiger partial charge in [0.05, 0.1) is 22.4 Å². The molecule has 0 saturated heterocycles. The van der Waals surface area contributed by atoms with Gasteiger partial charge in [-0.15, -0.1) is 0 Å². The second-order valence-electron chi connectivity index (χ2n) is 8.18. The molecule has 3 aromatic carbocycles. The molecule has 1 aliphatic heterocycles. The number of ether oxygens (including phenoxy) is 2. The third kappa shape index (κ3) is 3.52. The highest BCUT2D eigenvalue weighted by Gasteiger charge is 2.37. The lowest BCUT2D eigenvalue weighted by molar-refractivity contribution is 0.385. The molecule has 7 nitrogen and oxygen atoms in total. The van der Waals surface area contributed by atoms with Crippen molar-refractivity contribution in [1.82, 2.24) is 4.98 Å². The third-order valence-corrected chi connectivity index (χ3v) is 6.28. The van der Waals surface area contributed by atoms with Crippen molar-refractivity contribution in [3.05, 3.63) is 117 Å². The summed E-state index contributed by atoms with van der Waals surface area (Å²) >= 11 is 6.03. The smallest absolute Gasteiger partial charge is 0.344 e. The van der Waals surface area contributed by atoms with E-state index >= 15 is 0 Å². The lowest BCUT2D eigenvalue weighted by Gasteiger charge is -2.27. The predicted octanol–water partition coefficient (Wildman–Crippen LogP) is 6.01. The first-order valence-electron chi connectivity index (χ1n) is 11.0. The number of aromatic nitrogens is 1. The number of halogens is 1. The Morgan fingerprint density at radius 3 is 2.58 bits per heavy atom. The summed E-state index contributed by atoms with van der Waals surface area (Å²) in [6.07, 6.45) is 0. The van der Waals surface area contributed by atoms with Crippen molar-refractivity contribution in [2.24, 2.45) is 5.73 Å². The quantitative estimate of drug-likeness (QED) is 0.306. The van der Waals surface area contributed by atoms with Crippen molar-refractivity contribution < 1.29 is 13.9 Å². The number of pyridine rings is 1. The van der Waals surface area contributed by atoms with E-state index in [1.165, 1.54) is 0 Å². The number of nitriles is 1. The zero-order valence-corrected chi connectivity index (χ0v) is 19.3. The van der Waals surface area contributed by atoms with Gasteiger partial charge in [-0.1, -0.05) is 41.9 Å². The molecular weight excluding hydrogens is 478 g/mol. The molecule has 0 spiro atoms. The summed E-state index contributed by atoms with van der Waals surface area (Å²) < 4.78 is 17.6. The zero-order valence-electron chi connectivity index (χ0n) is 18.6. The molecule has 6 rings (SSSR count). The largest absolute Gasteiger partial charge is 0.439 e. The van der Waals surface area contributed by atoms with Crippen LogP contribution < -0.4 is 20.8 Å². The van der Waals surface area contributed by atoms with Crippen LogP contribution in [0.2, 0.25) is 5.02 Å². The minimum absolute atomic E-state index is 0.0584. The normalized spacial score (nSPS) is 14.8. The van der Waals surface area contributed by atoms with Crippen LogP contribution in [-0.4, -0.2) is 4.98 Å². The van der Waals surface area contributed by atoms with Gasteiger partial charge in [-0.3, -0.25) is 0 Å². The van der Waals surface area contributed by atoms with Crippen molar-refractivity contribution in [1.29, 1.82) is 5.26 Å². The molecule has 0 amide bonds. The molecule has 2 N–H and O–H groups in total. The number of nitrogens with two attached hydrogens (primary N) is 1. The summed E-state index contributed by atoms with van der Waals surface area (Å²) in [5.74, 6) is -0.0944. The Hall–Kier alpha value is -4.80. The van der Waals surface area contributed by atoms with Crippen LogP contribution in [0.3, 0.4) is 0 Å². The molecule has 174 valence electrons. The Morgan fingerprint density at radius 1 is 1.03 bits per heavy atom. The molecule has 8 heteroatoms. The fraction of sp³-hybridized carbons (Fsp3) is 0.0357. The number of fused-ring (bicyclic) bond motifs is 4. The average molecular weight is 494 g/mol. The molecule has 3 heterocycles. The highest BCUT2D eigenvalue weighted by atomic mass is 35.5. The molecule has 0 aliphatic carbocycles. The molecule has 1 atom stereocenters. The van der Waals surface area contributed by atoms with E-state index < -0.39 is 11.5 Å². The van der Waals surface area contributed by atoms with Gasteiger partial charge in [0, 0.05) is 16.0 Å². The first-order valence-corrected chi connectivity index (χ1v) is 11.4. The molecule has 1 aliphatic rings. The van der Waals surface area contributed by atoms with Gasteiger partial charge in [0.1, 0.15) is 23.0 Å². The molecule has 5 aromatic rings. The van der Waals surface area contributed by atoms with Crippen molar-refractivity contribution in [2.45, 2.75) is 5.92 Å². The lowest BCUT2D eigenvalue weighted by Crippen LogP contribution is -2.26. The maximum Gasteiger partial charge on any atom is 0.344 e. The molecule has 0 fully saturated rings. The topological polar surface area (TPSA) is 111 Å². The van der Waals surface area contributed by atoms with E-state index in [1.807, 2.05) is 30.3 Å². The molecule has 0 saturated carbocycles. The maximum absolute atomic E-state index is 13.3. The van der Waals surface area contributed by atoms with Crippen LogP contribution in [-0.2, 0) is 0 Å². The van der Waals surface area contributed by atoms with Crippen LogP contribution in [0.1, 0.15) is 17.0 Å². The molecule has 0 bridgehead atoms. The van der Waals surface area contributed by atoms with Crippen LogP contribution in [0.15, 0.2) is 99.5 Å². The van der Waals surface area contributed by atoms with E-state index in [0.717, 1.165) is 5.39 Å². The molecule has 2 aromatic heterocycles. The van der Waals surface area contributed by atoms with Crippen molar-refractivity contribution >= 4 is 33.5 Å². The summed E-state index contributed by atoms with van der Waals surface area (Å²) in [5, 5.41) is 12.0. The summed E-state index contributed by atoms with van der Waals surface area (Å²) in [6, 6.07) is 25.2. The summed E-state index contributed by atoms with van der Waals surface area (Å²) in [7, 11) is 0. The monoisotopic (exact) mass is 493 g/mol. The van der Waals surface area contributed by atoms with E-state index in [-0.39, 0.29) is 28.6 Å². The molecule has 36 heavy (non-hydrogen) atoms. The van der Waals surface area contributed by atoms with Gasteiger partial charge in [-0.2, -0.15) is 5.26 Å². The minimum atomic E-state index is -0.931. The van der Waals surface area contributed by atoms with Crippen LogP contribution in [0.4, 0.5) is 0 Å². The Kier molecular flexibility index (Phi) is 5.10. The van der Waals surface area contributed by atoms with Crippen LogP contribution >= 0.6 is 11.6 Å². The van der Waals surface area contributed by atoms with Gasteiger partial charge in [0.15, 0.2) is 5.75 Å². The van der Waals surface area contributed by atoms with Crippen molar-refractivity contribution in [2.75, 3.05) is 0 Å². The molecule has 0 radical (unpaired) electrons. The number of rotatable bonds is 3. The number of benzene rings is 3. The fourth-order valence-electron chi connectivity index (χ4n) is 4.39. The summed E-state index contributed by atoms with van der Waals surface area (Å²) in [4.78, 5) is 18.0. The van der Waals surface area contributed by atoms with E-state index in [0.29, 0.717) is 32.8 Å². The Morgan fingerprint density at radius 2 is 1.78 bits per heavy atom. The number of nitrogens with zero attached hydrogens (tertiary/aromatic N) is 2. The van der Waals surface area contributed by atoms with Gasteiger partial charge < -0.3 is 19.6 Å². The van der Waals surface area contributed by atoms with Gasteiger partial charge in [-0.25, -0.2) is 9.78 Å². The number of hydrogen-bond acceptors (Lipinski definition) is 7. The lowest BCUT2D eigenvalue weighted by atomic mass is 9.83.